The first kappa shape index (κ1) is 15.7. The lowest BCUT2D eigenvalue weighted by Gasteiger charge is -2.14. The second-order valence-corrected chi connectivity index (χ2v) is 5.01. The summed E-state index contributed by atoms with van der Waals surface area (Å²) in [5.74, 6) is 1.21. The van der Waals surface area contributed by atoms with Crippen LogP contribution in [0.4, 0.5) is 0 Å². The Labute approximate surface area is 137 Å². The maximum atomic E-state index is 12.7. The van der Waals surface area contributed by atoms with Crippen molar-refractivity contribution in [3.63, 3.8) is 0 Å². The number of fused-ring (bicyclic) bond motifs is 1. The highest BCUT2D eigenvalue weighted by Crippen LogP contribution is 2.41. The van der Waals surface area contributed by atoms with Crippen molar-refractivity contribution < 1.29 is 23.7 Å². The number of phenolic OH excluding ortho intramolecular Hbond substituents is 1. The van der Waals surface area contributed by atoms with Crippen molar-refractivity contribution in [2.75, 3.05) is 21.3 Å². The zero-order valence-electron chi connectivity index (χ0n) is 13.5. The van der Waals surface area contributed by atoms with Crippen LogP contribution in [0.2, 0.25) is 0 Å². The van der Waals surface area contributed by atoms with Crippen molar-refractivity contribution in [2.24, 2.45) is 0 Å². The Morgan fingerprint density at radius 2 is 1.67 bits per heavy atom. The van der Waals surface area contributed by atoms with Gasteiger partial charge in [-0.2, -0.15) is 0 Å². The van der Waals surface area contributed by atoms with Crippen molar-refractivity contribution in [2.45, 2.75) is 0 Å². The van der Waals surface area contributed by atoms with Crippen LogP contribution in [0.3, 0.4) is 0 Å². The predicted molar refractivity (Wildman–Crippen MR) is 89.2 cm³/mol. The highest BCUT2D eigenvalue weighted by Gasteiger charge is 2.21. The Balaban J connectivity index is 2.40. The third-order valence-corrected chi connectivity index (χ3v) is 3.70. The normalized spacial score (nSPS) is 10.6. The van der Waals surface area contributed by atoms with E-state index in [0.717, 1.165) is 0 Å². The van der Waals surface area contributed by atoms with Crippen molar-refractivity contribution in [1.29, 1.82) is 0 Å². The Hall–Kier alpha value is -3.15. The van der Waals surface area contributed by atoms with Crippen LogP contribution in [0.15, 0.2) is 45.6 Å². The Morgan fingerprint density at radius 3 is 2.29 bits per heavy atom. The van der Waals surface area contributed by atoms with E-state index in [0.29, 0.717) is 17.1 Å². The molecule has 0 atom stereocenters. The molecule has 124 valence electrons. The molecule has 0 aliphatic carbocycles. The van der Waals surface area contributed by atoms with E-state index in [1.165, 1.54) is 33.5 Å². The first-order chi connectivity index (χ1) is 11.6. The summed E-state index contributed by atoms with van der Waals surface area (Å²) in [6.07, 6.45) is 0. The number of para-hydroxylation sites is 1. The fraction of sp³-hybridized carbons (Fsp3) is 0.167. The summed E-state index contributed by atoms with van der Waals surface area (Å²) in [4.78, 5) is 12.7. The van der Waals surface area contributed by atoms with Crippen LogP contribution in [0, 0.1) is 0 Å². The van der Waals surface area contributed by atoms with Crippen molar-refractivity contribution in [3.05, 3.63) is 46.6 Å². The number of rotatable bonds is 4. The smallest absolute Gasteiger partial charge is 0.197 e. The number of hydrogen-bond donors (Lipinski definition) is 1. The highest BCUT2D eigenvalue weighted by atomic mass is 16.5. The van der Waals surface area contributed by atoms with Gasteiger partial charge >= 0.3 is 0 Å². The Morgan fingerprint density at radius 1 is 0.958 bits per heavy atom. The molecular weight excluding hydrogens is 312 g/mol. The lowest BCUT2D eigenvalue weighted by Crippen LogP contribution is -2.05. The SMILES string of the molecule is COc1cc(OC)c2oc(-c3ccccc3O)cc(=O)c2c1OC. The number of benzene rings is 2. The quantitative estimate of drug-likeness (QED) is 0.792. The molecule has 1 heterocycles. The Bertz CT molecular complexity index is 958. The number of phenols is 1. The largest absolute Gasteiger partial charge is 0.507 e. The second kappa shape index (κ2) is 6.16. The molecule has 0 radical (unpaired) electrons. The lowest BCUT2D eigenvalue weighted by atomic mass is 10.1. The molecule has 0 saturated carbocycles. The van der Waals surface area contributed by atoms with Gasteiger partial charge < -0.3 is 23.7 Å². The van der Waals surface area contributed by atoms with Gasteiger partial charge in [-0.25, -0.2) is 0 Å². The van der Waals surface area contributed by atoms with E-state index in [2.05, 4.69) is 0 Å². The maximum absolute atomic E-state index is 12.7. The third-order valence-electron chi connectivity index (χ3n) is 3.70. The average Bonchev–Trinajstić information content (AvgIpc) is 2.60. The zero-order valence-corrected chi connectivity index (χ0v) is 13.5. The molecule has 0 aliphatic rings. The van der Waals surface area contributed by atoms with E-state index in [4.69, 9.17) is 18.6 Å². The van der Waals surface area contributed by atoms with Gasteiger partial charge in [0, 0.05) is 12.1 Å². The predicted octanol–water partition coefficient (Wildman–Crippen LogP) is 3.19. The van der Waals surface area contributed by atoms with Crippen LogP contribution in [0.1, 0.15) is 0 Å². The second-order valence-electron chi connectivity index (χ2n) is 5.01. The number of methoxy groups -OCH3 is 3. The molecule has 2 aromatic carbocycles. The Kier molecular flexibility index (Phi) is 4.04. The minimum Gasteiger partial charge on any atom is -0.507 e. The van der Waals surface area contributed by atoms with Crippen LogP contribution < -0.4 is 19.6 Å². The summed E-state index contributed by atoms with van der Waals surface area (Å²) in [5, 5.41) is 10.2. The molecule has 0 fully saturated rings. The highest BCUT2D eigenvalue weighted by molar-refractivity contribution is 5.92. The van der Waals surface area contributed by atoms with Gasteiger partial charge in [-0.05, 0) is 12.1 Å². The molecule has 3 aromatic rings. The lowest BCUT2D eigenvalue weighted by molar-refractivity contribution is 0.351. The van der Waals surface area contributed by atoms with Crippen LogP contribution in [0.5, 0.6) is 23.0 Å². The molecule has 0 bridgehead atoms. The molecule has 3 rings (SSSR count). The van der Waals surface area contributed by atoms with Crippen molar-refractivity contribution >= 4 is 11.0 Å². The minimum absolute atomic E-state index is 0.0134. The van der Waals surface area contributed by atoms with Crippen LogP contribution >= 0.6 is 0 Å². The van der Waals surface area contributed by atoms with Crippen molar-refractivity contribution in [1.82, 2.24) is 0 Å². The van der Waals surface area contributed by atoms with E-state index in [1.807, 2.05) is 0 Å². The van der Waals surface area contributed by atoms with Gasteiger partial charge in [0.15, 0.2) is 28.3 Å². The standard InChI is InChI=1S/C18H16O6/c1-21-14-9-15(22-2)18-16(17(14)23-3)12(20)8-13(24-18)10-6-4-5-7-11(10)19/h4-9,19H,1-3H3. The van der Waals surface area contributed by atoms with Gasteiger partial charge in [-0.15, -0.1) is 0 Å². The first-order valence-corrected chi connectivity index (χ1v) is 7.16. The van der Waals surface area contributed by atoms with Gasteiger partial charge in [0.1, 0.15) is 16.9 Å². The summed E-state index contributed by atoms with van der Waals surface area (Å²) < 4.78 is 21.7. The van der Waals surface area contributed by atoms with Gasteiger partial charge in [-0.1, -0.05) is 12.1 Å². The van der Waals surface area contributed by atoms with E-state index < -0.39 is 0 Å². The number of hydrogen-bond acceptors (Lipinski definition) is 6. The summed E-state index contributed by atoms with van der Waals surface area (Å²) in [7, 11) is 4.38. The van der Waals surface area contributed by atoms with Crippen LogP contribution in [0.25, 0.3) is 22.3 Å². The zero-order chi connectivity index (χ0) is 17.3. The summed E-state index contributed by atoms with van der Waals surface area (Å²) in [6, 6.07) is 9.49. The van der Waals surface area contributed by atoms with Crippen LogP contribution in [-0.4, -0.2) is 26.4 Å². The van der Waals surface area contributed by atoms with Crippen molar-refractivity contribution in [3.8, 4) is 34.3 Å². The van der Waals surface area contributed by atoms with E-state index in [1.54, 1.807) is 24.3 Å². The molecule has 24 heavy (non-hydrogen) atoms. The van der Waals surface area contributed by atoms with E-state index >= 15 is 0 Å². The fourth-order valence-electron chi connectivity index (χ4n) is 2.58. The number of aromatic hydroxyl groups is 1. The van der Waals surface area contributed by atoms with Gasteiger partial charge in [0.2, 0.25) is 0 Å². The molecule has 0 amide bonds. The van der Waals surface area contributed by atoms with Gasteiger partial charge in [0.25, 0.3) is 0 Å². The summed E-state index contributed by atoms with van der Waals surface area (Å²) in [6.45, 7) is 0. The van der Waals surface area contributed by atoms with E-state index in [-0.39, 0.29) is 33.7 Å². The fourth-order valence-corrected chi connectivity index (χ4v) is 2.58. The summed E-state index contributed by atoms with van der Waals surface area (Å²) >= 11 is 0. The number of ether oxygens (including phenoxy) is 3. The molecule has 1 N–H and O–H groups in total. The monoisotopic (exact) mass is 328 g/mol. The minimum atomic E-state index is -0.330. The molecular formula is C18H16O6. The van der Waals surface area contributed by atoms with Crippen LogP contribution in [-0.2, 0) is 0 Å². The molecule has 0 saturated heterocycles. The van der Waals surface area contributed by atoms with Gasteiger partial charge in [-0.3, -0.25) is 4.79 Å². The molecule has 0 aliphatic heterocycles. The van der Waals surface area contributed by atoms with E-state index in [9.17, 15) is 9.90 Å². The average molecular weight is 328 g/mol. The maximum Gasteiger partial charge on any atom is 0.197 e. The molecule has 0 spiro atoms. The molecule has 6 nitrogen and oxygen atoms in total. The first-order valence-electron chi connectivity index (χ1n) is 7.16. The summed E-state index contributed by atoms with van der Waals surface area (Å²) in [5.41, 5.74) is 0.304. The third kappa shape index (κ3) is 2.42. The van der Waals surface area contributed by atoms with Gasteiger partial charge in [0.05, 0.1) is 26.9 Å². The molecule has 6 heteroatoms. The topological polar surface area (TPSA) is 78.1 Å². The molecule has 1 aromatic heterocycles. The molecule has 0 unspecified atom stereocenters.